The summed E-state index contributed by atoms with van der Waals surface area (Å²) in [4.78, 5) is 15.7. The first-order valence-electron chi connectivity index (χ1n) is 5.94. The molecule has 2 N–H and O–H groups in total. The van der Waals surface area contributed by atoms with Crippen LogP contribution in [0.3, 0.4) is 0 Å². The van der Waals surface area contributed by atoms with E-state index in [2.05, 4.69) is 15.5 Å². The second kappa shape index (κ2) is 6.44. The Bertz CT molecular complexity index is 524. The van der Waals surface area contributed by atoms with Crippen LogP contribution in [0.5, 0.6) is 0 Å². The van der Waals surface area contributed by atoms with Crippen LogP contribution in [0.4, 0.5) is 0 Å². The maximum Gasteiger partial charge on any atom is 0.227 e. The van der Waals surface area contributed by atoms with Gasteiger partial charge in [-0.3, -0.25) is 4.79 Å². The molecule has 7 heteroatoms. The molecule has 2 heterocycles. The van der Waals surface area contributed by atoms with Gasteiger partial charge in [-0.2, -0.15) is 16.3 Å². The van der Waals surface area contributed by atoms with Crippen LogP contribution in [0.15, 0.2) is 21.3 Å². The van der Waals surface area contributed by atoms with E-state index in [1.807, 2.05) is 16.8 Å². The van der Waals surface area contributed by atoms with Gasteiger partial charge in [-0.15, -0.1) is 0 Å². The number of hydrogen-bond acceptors (Lipinski definition) is 6. The van der Waals surface area contributed by atoms with Crippen LogP contribution in [0.25, 0.3) is 11.4 Å². The van der Waals surface area contributed by atoms with Gasteiger partial charge in [0, 0.05) is 29.8 Å². The summed E-state index contributed by atoms with van der Waals surface area (Å²) in [5.74, 6) is 0.838. The van der Waals surface area contributed by atoms with Gasteiger partial charge in [-0.05, 0) is 18.4 Å². The maximum atomic E-state index is 11.5. The molecule has 0 aliphatic rings. The third kappa shape index (κ3) is 3.87. The van der Waals surface area contributed by atoms with Gasteiger partial charge in [-0.25, -0.2) is 0 Å². The average molecular weight is 281 g/mol. The smallest absolute Gasteiger partial charge is 0.227 e. The normalized spacial score (nSPS) is 12.3. The van der Waals surface area contributed by atoms with E-state index in [0.29, 0.717) is 18.1 Å². The SMILES string of the molecule is CC(CO)NC(=O)CCc1nc(-c2ccsc2)no1. The predicted octanol–water partition coefficient (Wildman–Crippen LogP) is 1.23. The van der Waals surface area contributed by atoms with Crippen molar-refractivity contribution < 1.29 is 14.4 Å². The lowest BCUT2D eigenvalue weighted by Gasteiger charge is -2.09. The number of aryl methyl sites for hydroxylation is 1. The van der Waals surface area contributed by atoms with E-state index in [9.17, 15) is 4.79 Å². The molecule has 0 spiro atoms. The highest BCUT2D eigenvalue weighted by Crippen LogP contribution is 2.18. The Kier molecular flexibility index (Phi) is 4.64. The summed E-state index contributed by atoms with van der Waals surface area (Å²) in [5, 5.41) is 19.2. The minimum absolute atomic E-state index is 0.0748. The van der Waals surface area contributed by atoms with Crippen LogP contribution in [-0.4, -0.2) is 33.8 Å². The molecule has 2 aromatic heterocycles. The van der Waals surface area contributed by atoms with Gasteiger partial charge in [0.05, 0.1) is 6.61 Å². The molecule has 0 radical (unpaired) electrons. The molecule has 6 nitrogen and oxygen atoms in total. The third-order valence-electron chi connectivity index (χ3n) is 2.49. The number of carbonyl (C=O) groups is 1. The fourth-order valence-corrected chi connectivity index (χ4v) is 2.11. The molecule has 0 saturated heterocycles. The van der Waals surface area contributed by atoms with Crippen molar-refractivity contribution in [3.8, 4) is 11.4 Å². The lowest BCUT2D eigenvalue weighted by Crippen LogP contribution is -2.35. The molecule has 0 aliphatic carbocycles. The summed E-state index contributed by atoms with van der Waals surface area (Å²) >= 11 is 1.56. The van der Waals surface area contributed by atoms with Crippen LogP contribution in [0.2, 0.25) is 0 Å². The number of aliphatic hydroxyl groups is 1. The van der Waals surface area contributed by atoms with E-state index < -0.39 is 0 Å². The number of carbonyl (C=O) groups excluding carboxylic acids is 1. The van der Waals surface area contributed by atoms with E-state index in [1.165, 1.54) is 0 Å². The van der Waals surface area contributed by atoms with Crippen molar-refractivity contribution in [1.82, 2.24) is 15.5 Å². The van der Waals surface area contributed by atoms with Gasteiger partial charge in [0.1, 0.15) is 0 Å². The monoisotopic (exact) mass is 281 g/mol. The predicted molar refractivity (Wildman–Crippen MR) is 70.6 cm³/mol. The molecule has 0 bridgehead atoms. The molecule has 102 valence electrons. The molecule has 2 aromatic rings. The molecule has 19 heavy (non-hydrogen) atoms. The molecule has 0 saturated carbocycles. The highest BCUT2D eigenvalue weighted by molar-refractivity contribution is 7.08. The molecule has 2 rings (SSSR count). The number of thiophene rings is 1. The van der Waals surface area contributed by atoms with E-state index in [-0.39, 0.29) is 25.0 Å². The second-order valence-electron chi connectivity index (χ2n) is 4.17. The first-order chi connectivity index (χ1) is 9.19. The lowest BCUT2D eigenvalue weighted by atomic mass is 10.2. The number of amides is 1. The fraction of sp³-hybridized carbons (Fsp3) is 0.417. The molecule has 1 amide bonds. The van der Waals surface area contributed by atoms with Crippen LogP contribution in [-0.2, 0) is 11.2 Å². The fourth-order valence-electron chi connectivity index (χ4n) is 1.48. The summed E-state index contributed by atoms with van der Waals surface area (Å²) in [6, 6.07) is 1.67. The van der Waals surface area contributed by atoms with Crippen LogP contribution >= 0.6 is 11.3 Å². The topological polar surface area (TPSA) is 88.2 Å². The van der Waals surface area contributed by atoms with Crippen molar-refractivity contribution in [1.29, 1.82) is 0 Å². The van der Waals surface area contributed by atoms with E-state index in [4.69, 9.17) is 9.63 Å². The summed E-state index contributed by atoms with van der Waals surface area (Å²) < 4.78 is 5.08. The number of rotatable bonds is 6. The third-order valence-corrected chi connectivity index (χ3v) is 3.18. The van der Waals surface area contributed by atoms with Gasteiger partial charge >= 0.3 is 0 Å². The number of nitrogens with zero attached hydrogens (tertiary/aromatic N) is 2. The zero-order chi connectivity index (χ0) is 13.7. The zero-order valence-electron chi connectivity index (χ0n) is 10.5. The van der Waals surface area contributed by atoms with E-state index in [1.54, 1.807) is 18.3 Å². The quantitative estimate of drug-likeness (QED) is 0.831. The standard InChI is InChI=1S/C12H15N3O3S/c1-8(6-16)13-10(17)2-3-11-14-12(15-18-11)9-4-5-19-7-9/h4-5,7-8,16H,2-3,6H2,1H3,(H,13,17). The number of aliphatic hydroxyl groups excluding tert-OH is 1. The Hall–Kier alpha value is -1.73. The molecule has 0 aromatic carbocycles. The Morgan fingerprint density at radius 1 is 1.63 bits per heavy atom. The van der Waals surface area contributed by atoms with Crippen LogP contribution in [0, 0.1) is 0 Å². The Labute approximate surface area is 114 Å². The molecule has 1 atom stereocenters. The molecule has 0 aliphatic heterocycles. The largest absolute Gasteiger partial charge is 0.394 e. The zero-order valence-corrected chi connectivity index (χ0v) is 11.3. The number of nitrogens with one attached hydrogen (secondary N) is 1. The van der Waals surface area contributed by atoms with Gasteiger partial charge in [-0.1, -0.05) is 5.16 Å². The van der Waals surface area contributed by atoms with Crippen molar-refractivity contribution >= 4 is 17.2 Å². The average Bonchev–Trinajstić information content (AvgIpc) is 3.06. The maximum absolute atomic E-state index is 11.5. The summed E-state index contributed by atoms with van der Waals surface area (Å²) in [7, 11) is 0. The lowest BCUT2D eigenvalue weighted by molar-refractivity contribution is -0.122. The van der Waals surface area contributed by atoms with Gasteiger partial charge in [0.15, 0.2) is 0 Å². The molecule has 1 unspecified atom stereocenters. The number of hydrogen-bond donors (Lipinski definition) is 2. The van der Waals surface area contributed by atoms with Crippen LogP contribution < -0.4 is 5.32 Å². The van der Waals surface area contributed by atoms with Crippen molar-refractivity contribution in [2.75, 3.05) is 6.61 Å². The second-order valence-corrected chi connectivity index (χ2v) is 4.95. The van der Waals surface area contributed by atoms with Crippen LogP contribution in [0.1, 0.15) is 19.2 Å². The van der Waals surface area contributed by atoms with Gasteiger partial charge in [0.2, 0.25) is 17.6 Å². The molecular formula is C12H15N3O3S. The van der Waals surface area contributed by atoms with Crippen molar-refractivity contribution in [3.05, 3.63) is 22.7 Å². The van der Waals surface area contributed by atoms with Gasteiger partial charge in [0.25, 0.3) is 0 Å². The van der Waals surface area contributed by atoms with Crippen molar-refractivity contribution in [3.63, 3.8) is 0 Å². The summed E-state index contributed by atoms with van der Waals surface area (Å²) in [6.45, 7) is 1.66. The summed E-state index contributed by atoms with van der Waals surface area (Å²) in [6.07, 6.45) is 0.650. The minimum atomic E-state index is -0.239. The molecule has 0 fully saturated rings. The highest BCUT2D eigenvalue weighted by Gasteiger charge is 2.11. The first kappa shape index (κ1) is 13.7. The Balaban J connectivity index is 1.85. The van der Waals surface area contributed by atoms with E-state index in [0.717, 1.165) is 5.56 Å². The molecular weight excluding hydrogens is 266 g/mol. The van der Waals surface area contributed by atoms with Crippen molar-refractivity contribution in [2.45, 2.75) is 25.8 Å². The van der Waals surface area contributed by atoms with E-state index >= 15 is 0 Å². The van der Waals surface area contributed by atoms with Gasteiger partial charge < -0.3 is 14.9 Å². The first-order valence-corrected chi connectivity index (χ1v) is 6.88. The van der Waals surface area contributed by atoms with Crippen molar-refractivity contribution in [2.24, 2.45) is 0 Å². The Morgan fingerprint density at radius 3 is 3.16 bits per heavy atom. The highest BCUT2D eigenvalue weighted by atomic mass is 32.1. The minimum Gasteiger partial charge on any atom is -0.394 e. The number of aromatic nitrogens is 2. The summed E-state index contributed by atoms with van der Waals surface area (Å²) in [5.41, 5.74) is 0.915. The Morgan fingerprint density at radius 2 is 2.47 bits per heavy atom.